The fourth-order valence-electron chi connectivity index (χ4n) is 2.34. The number of benzene rings is 1. The number of carbonyl (C=O) groups is 1. The molecule has 0 saturated heterocycles. The third-order valence-corrected chi connectivity index (χ3v) is 3.41. The zero-order valence-electron chi connectivity index (χ0n) is 11.8. The fraction of sp³-hybridized carbons (Fsp3) is 0.214. The zero-order chi connectivity index (χ0) is 16.6. The molecule has 1 amide bonds. The summed E-state index contributed by atoms with van der Waals surface area (Å²) in [5.41, 5.74) is 9.26. The number of nitrogens with one attached hydrogen (secondary N) is 1. The molecule has 2 heterocycles. The first-order valence-electron chi connectivity index (χ1n) is 6.73. The van der Waals surface area contributed by atoms with Gasteiger partial charge in [-0.15, -0.1) is 0 Å². The van der Waals surface area contributed by atoms with Crippen LogP contribution >= 0.6 is 0 Å². The van der Waals surface area contributed by atoms with Gasteiger partial charge in [0.1, 0.15) is 13.1 Å². The quantitative estimate of drug-likeness (QED) is 0.823. The molecule has 0 atom stereocenters. The van der Waals surface area contributed by atoms with E-state index in [2.05, 4.69) is 10.5 Å². The predicted molar refractivity (Wildman–Crippen MR) is 74.1 cm³/mol. The Balaban J connectivity index is 1.67. The molecule has 3 N–H and O–H groups in total. The van der Waals surface area contributed by atoms with Crippen molar-refractivity contribution in [3.05, 3.63) is 53.3 Å². The molecular formula is C14H13F3N5O+. The van der Waals surface area contributed by atoms with Gasteiger partial charge in [0.15, 0.2) is 5.69 Å². The monoisotopic (exact) mass is 324 g/mol. The van der Waals surface area contributed by atoms with Crippen molar-refractivity contribution >= 4 is 11.7 Å². The first kappa shape index (κ1) is 15.1. The Bertz CT molecular complexity index is 794. The van der Waals surface area contributed by atoms with Gasteiger partial charge in [-0.25, -0.2) is 0 Å². The smallest absolute Gasteiger partial charge is 0.285 e. The fourth-order valence-corrected chi connectivity index (χ4v) is 2.34. The van der Waals surface area contributed by atoms with Gasteiger partial charge in [0.05, 0.1) is 5.56 Å². The summed E-state index contributed by atoms with van der Waals surface area (Å²) in [5, 5.41) is 3.33. The average Bonchev–Trinajstić information content (AvgIpc) is 3.05. The molecular weight excluding hydrogens is 311 g/mol. The Morgan fingerprint density at radius 1 is 1.35 bits per heavy atom. The van der Waals surface area contributed by atoms with E-state index in [1.165, 1.54) is 4.68 Å². The Morgan fingerprint density at radius 3 is 2.74 bits per heavy atom. The van der Waals surface area contributed by atoms with Crippen LogP contribution in [0.2, 0.25) is 0 Å². The van der Waals surface area contributed by atoms with Crippen molar-refractivity contribution in [2.45, 2.75) is 19.3 Å². The molecule has 1 aliphatic rings. The Morgan fingerprint density at radius 2 is 2.09 bits per heavy atom. The van der Waals surface area contributed by atoms with Crippen LogP contribution in [0, 0.1) is 0 Å². The Labute approximate surface area is 129 Å². The van der Waals surface area contributed by atoms with E-state index in [0.717, 1.165) is 28.1 Å². The van der Waals surface area contributed by atoms with E-state index in [9.17, 15) is 18.0 Å². The second kappa shape index (κ2) is 5.41. The standard InChI is InChI=1S/C14H12F3N5O/c15-14(16,17)11-5-6-21(19-11)8-12(23)20-22-7-9-3-1-2-4-10(9)13(22)18/h1-6,18H,7-8H2,(H,20,23)/p+1. The zero-order valence-corrected chi connectivity index (χ0v) is 11.8. The van der Waals surface area contributed by atoms with E-state index in [0.29, 0.717) is 12.4 Å². The van der Waals surface area contributed by atoms with Crippen LogP contribution in [0.3, 0.4) is 0 Å². The minimum absolute atomic E-state index is 0.337. The molecule has 2 aromatic rings. The number of hydrogen-bond donors (Lipinski definition) is 2. The first-order valence-corrected chi connectivity index (χ1v) is 6.73. The van der Waals surface area contributed by atoms with Crippen LogP contribution in [0.15, 0.2) is 36.5 Å². The maximum atomic E-state index is 12.5. The number of rotatable bonds is 3. The lowest BCUT2D eigenvalue weighted by atomic mass is 10.1. The van der Waals surface area contributed by atoms with Crippen LogP contribution in [0.1, 0.15) is 16.8 Å². The number of aromatic nitrogens is 2. The number of amidine groups is 1. The highest BCUT2D eigenvalue weighted by Crippen LogP contribution is 2.27. The third-order valence-electron chi connectivity index (χ3n) is 3.41. The molecule has 0 spiro atoms. The second-order valence-electron chi connectivity index (χ2n) is 5.06. The van der Waals surface area contributed by atoms with Gasteiger partial charge in [-0.05, 0) is 12.1 Å². The number of halogens is 3. The van der Waals surface area contributed by atoms with E-state index < -0.39 is 17.8 Å². The SMILES string of the molecule is NC1=[N+](NC(=O)Cn2ccc(C(F)(F)F)n2)Cc2ccccc21. The second-order valence-corrected chi connectivity index (χ2v) is 5.06. The summed E-state index contributed by atoms with van der Waals surface area (Å²) in [7, 11) is 0. The molecule has 0 radical (unpaired) electrons. The number of hydrazone groups is 1. The van der Waals surface area contributed by atoms with Crippen LogP contribution in [0.5, 0.6) is 0 Å². The van der Waals surface area contributed by atoms with E-state index >= 15 is 0 Å². The molecule has 0 saturated carbocycles. The molecule has 0 unspecified atom stereocenters. The number of alkyl halides is 3. The largest absolute Gasteiger partial charge is 0.435 e. The summed E-state index contributed by atoms with van der Waals surface area (Å²) in [6.07, 6.45) is -3.43. The van der Waals surface area contributed by atoms with Gasteiger partial charge >= 0.3 is 6.18 Å². The third kappa shape index (κ3) is 3.03. The highest BCUT2D eigenvalue weighted by Gasteiger charge is 2.33. The molecule has 9 heteroatoms. The Kier molecular flexibility index (Phi) is 3.55. The first-order chi connectivity index (χ1) is 10.8. The molecule has 3 rings (SSSR count). The molecule has 0 bridgehead atoms. The van der Waals surface area contributed by atoms with Crippen LogP contribution in [-0.4, -0.2) is 26.2 Å². The lowest BCUT2D eigenvalue weighted by Gasteiger charge is -2.06. The van der Waals surface area contributed by atoms with Gasteiger partial charge in [-0.3, -0.25) is 15.2 Å². The number of nitrogens with two attached hydrogens (primary N) is 1. The molecule has 1 aliphatic heterocycles. The number of hydrogen-bond acceptors (Lipinski definition) is 3. The topological polar surface area (TPSA) is 76.0 Å². The van der Waals surface area contributed by atoms with Gasteiger partial charge in [0, 0.05) is 11.8 Å². The van der Waals surface area contributed by atoms with Crippen molar-refractivity contribution in [2.75, 3.05) is 0 Å². The number of fused-ring (bicyclic) bond motifs is 1. The van der Waals surface area contributed by atoms with Crippen LogP contribution in [-0.2, 0) is 24.1 Å². The minimum atomic E-state index is -4.53. The van der Waals surface area contributed by atoms with Gasteiger partial charge in [-0.1, -0.05) is 18.2 Å². The van der Waals surface area contributed by atoms with Crippen molar-refractivity contribution in [1.29, 1.82) is 0 Å². The molecule has 1 aromatic carbocycles. The number of amides is 1. The van der Waals surface area contributed by atoms with Crippen LogP contribution in [0.4, 0.5) is 13.2 Å². The number of carbonyl (C=O) groups excluding carboxylic acids is 1. The molecule has 23 heavy (non-hydrogen) atoms. The minimum Gasteiger partial charge on any atom is -0.285 e. The van der Waals surface area contributed by atoms with Crippen LogP contribution < -0.4 is 11.2 Å². The molecule has 1 aromatic heterocycles. The van der Waals surface area contributed by atoms with Gasteiger partial charge in [-0.2, -0.15) is 28.4 Å². The van der Waals surface area contributed by atoms with Crippen molar-refractivity contribution in [3.8, 4) is 0 Å². The van der Waals surface area contributed by atoms with Crippen molar-refractivity contribution in [2.24, 2.45) is 5.73 Å². The van der Waals surface area contributed by atoms with Crippen molar-refractivity contribution in [1.82, 2.24) is 15.2 Å². The lowest BCUT2D eigenvalue weighted by molar-refractivity contribution is -0.586. The summed E-state index contributed by atoms with van der Waals surface area (Å²) in [6.45, 7) is 0.0663. The summed E-state index contributed by atoms with van der Waals surface area (Å²) in [4.78, 5) is 12.0. The van der Waals surface area contributed by atoms with Crippen LogP contribution in [0.25, 0.3) is 0 Å². The normalized spacial score (nSPS) is 14.0. The number of hydrazine groups is 1. The molecule has 120 valence electrons. The van der Waals surface area contributed by atoms with E-state index in [1.807, 2.05) is 24.3 Å². The van der Waals surface area contributed by atoms with Crippen molar-refractivity contribution < 1.29 is 22.7 Å². The highest BCUT2D eigenvalue weighted by molar-refractivity contribution is 5.96. The molecule has 0 fully saturated rings. The van der Waals surface area contributed by atoms with Gasteiger partial charge in [0.2, 0.25) is 0 Å². The van der Waals surface area contributed by atoms with E-state index in [4.69, 9.17) is 5.73 Å². The van der Waals surface area contributed by atoms with Crippen molar-refractivity contribution in [3.63, 3.8) is 0 Å². The summed E-state index contributed by atoms with van der Waals surface area (Å²) in [5.74, 6) is -0.122. The van der Waals surface area contributed by atoms with E-state index in [1.54, 1.807) is 0 Å². The maximum Gasteiger partial charge on any atom is 0.435 e. The van der Waals surface area contributed by atoms with Gasteiger partial charge in [0.25, 0.3) is 11.7 Å². The summed E-state index contributed by atoms with van der Waals surface area (Å²) < 4.78 is 39.8. The van der Waals surface area contributed by atoms with E-state index in [-0.39, 0.29) is 6.54 Å². The predicted octanol–water partition coefficient (Wildman–Crippen LogP) is 0.865. The molecule has 6 nitrogen and oxygen atoms in total. The van der Waals surface area contributed by atoms with Gasteiger partial charge < -0.3 is 0 Å². The Hall–Kier alpha value is -2.84. The maximum absolute atomic E-state index is 12.5. The highest BCUT2D eigenvalue weighted by atomic mass is 19.4. The lowest BCUT2D eigenvalue weighted by Crippen LogP contribution is -2.40. The average molecular weight is 324 g/mol. The summed E-state index contributed by atoms with van der Waals surface area (Å²) >= 11 is 0. The number of nitrogens with zero attached hydrogens (tertiary/aromatic N) is 3. The summed E-state index contributed by atoms with van der Waals surface area (Å²) in [6, 6.07) is 8.23. The molecule has 0 aliphatic carbocycles.